The summed E-state index contributed by atoms with van der Waals surface area (Å²) in [5.74, 6) is -1.75. The van der Waals surface area contributed by atoms with Gasteiger partial charge in [-0.25, -0.2) is 9.67 Å². The van der Waals surface area contributed by atoms with Gasteiger partial charge in [0.05, 0.1) is 13.2 Å². The van der Waals surface area contributed by atoms with E-state index in [4.69, 9.17) is 15.7 Å². The van der Waals surface area contributed by atoms with Crippen LogP contribution in [0.5, 0.6) is 0 Å². The van der Waals surface area contributed by atoms with E-state index < -0.39 is 34.6 Å². The van der Waals surface area contributed by atoms with E-state index >= 15 is 0 Å². The molecule has 0 aromatic carbocycles. The lowest BCUT2D eigenvalue weighted by Gasteiger charge is -2.53. The number of nitrogens with one attached hydrogen (secondary N) is 1. The average molecular weight is 596 g/mol. The zero-order valence-corrected chi connectivity index (χ0v) is 22.8. The smallest absolute Gasteiger partial charge is 0.313 e. The number of nitrogen functional groups attached to an aromatic ring is 1. The fraction of sp³-hybridized carbons (Fsp3) is 0.524. The Hall–Kier alpha value is -3.22. The number of thioether (sulfide) groups is 2. The first-order chi connectivity index (χ1) is 18.8. The number of thiazole rings is 1. The van der Waals surface area contributed by atoms with Crippen LogP contribution in [-0.2, 0) is 25.8 Å². The van der Waals surface area contributed by atoms with Crippen LogP contribution in [0.3, 0.4) is 0 Å². The highest BCUT2D eigenvalue weighted by Gasteiger charge is 2.57. The zero-order chi connectivity index (χ0) is 27.6. The molecule has 18 heteroatoms. The summed E-state index contributed by atoms with van der Waals surface area (Å²) in [6.45, 7) is -0.0124. The molecule has 208 valence electrons. The number of hydrogen-bond acceptors (Lipinski definition) is 14. The standard InChI is InChI=1S/C21H25N9O6S3/c22-19-23-12(7-37-19)13(26-36-11-3-1-2-4-11)15(32)24-14-16(33)29-8-21(18(34)35,9-38-17(14)29)10-39-20-25-27-28-30(20)5-6-31/h1,3,7,11,14,17,31H,2,4-6,8-10H2,(H2,22,23)(H,24,32)(H,34,35)/t11?,14?,17-,21?/m1/s1. The number of aliphatic carboxylic acids is 1. The number of anilines is 1. The van der Waals surface area contributed by atoms with Crippen molar-refractivity contribution in [1.82, 2.24) is 35.4 Å². The highest BCUT2D eigenvalue weighted by molar-refractivity contribution is 8.00. The van der Waals surface area contributed by atoms with E-state index in [1.807, 2.05) is 12.2 Å². The minimum absolute atomic E-state index is 0.0273. The maximum Gasteiger partial charge on any atom is 0.313 e. The minimum Gasteiger partial charge on any atom is -0.481 e. The van der Waals surface area contributed by atoms with Crippen molar-refractivity contribution in [3.05, 3.63) is 23.2 Å². The second-order valence-electron chi connectivity index (χ2n) is 9.06. The molecule has 4 atom stereocenters. The van der Waals surface area contributed by atoms with Crippen molar-refractivity contribution in [3.63, 3.8) is 0 Å². The molecule has 2 aromatic heterocycles. The number of nitrogens with zero attached hydrogens (tertiary/aromatic N) is 7. The predicted molar refractivity (Wildman–Crippen MR) is 142 cm³/mol. The summed E-state index contributed by atoms with van der Waals surface area (Å²) in [7, 11) is 0. The number of tetrazole rings is 1. The first-order valence-corrected chi connectivity index (χ1v) is 14.8. The topological polar surface area (TPSA) is 211 Å². The number of aromatic nitrogens is 5. The number of aliphatic hydroxyl groups excluding tert-OH is 1. The Morgan fingerprint density at radius 2 is 2.26 bits per heavy atom. The quantitative estimate of drug-likeness (QED) is 0.0842. The van der Waals surface area contributed by atoms with Gasteiger partial charge in [-0.15, -0.1) is 28.2 Å². The van der Waals surface area contributed by atoms with Crippen molar-refractivity contribution in [2.24, 2.45) is 10.6 Å². The van der Waals surface area contributed by atoms with E-state index in [-0.39, 0.29) is 53.8 Å². The maximum atomic E-state index is 13.2. The molecule has 4 heterocycles. The number of allylic oxidation sites excluding steroid dienone is 1. The van der Waals surface area contributed by atoms with Gasteiger partial charge in [-0.2, -0.15) is 0 Å². The third kappa shape index (κ3) is 5.59. The van der Waals surface area contributed by atoms with E-state index in [0.717, 1.165) is 35.9 Å². The van der Waals surface area contributed by atoms with E-state index in [9.17, 15) is 19.5 Å². The van der Waals surface area contributed by atoms with Gasteiger partial charge in [0.1, 0.15) is 28.6 Å². The molecule has 2 amide bonds. The Balaban J connectivity index is 1.25. The van der Waals surface area contributed by atoms with Gasteiger partial charge in [-0.3, -0.25) is 14.4 Å². The Labute approximate surface area is 234 Å². The molecule has 1 aliphatic carbocycles. The molecule has 3 aliphatic rings. The average Bonchev–Trinajstić information content (AvgIpc) is 3.69. The lowest BCUT2D eigenvalue weighted by Crippen LogP contribution is -2.74. The normalized spacial score (nSPS) is 26.3. The zero-order valence-electron chi connectivity index (χ0n) is 20.4. The van der Waals surface area contributed by atoms with Crippen molar-refractivity contribution in [2.45, 2.75) is 42.1 Å². The number of amides is 2. The molecule has 5 N–H and O–H groups in total. The molecule has 39 heavy (non-hydrogen) atoms. The van der Waals surface area contributed by atoms with Crippen LogP contribution in [0.2, 0.25) is 0 Å². The van der Waals surface area contributed by atoms with Gasteiger partial charge < -0.3 is 31.0 Å². The number of aliphatic hydroxyl groups is 1. The van der Waals surface area contributed by atoms with Gasteiger partial charge in [0.2, 0.25) is 11.1 Å². The predicted octanol–water partition coefficient (Wildman–Crippen LogP) is -0.593. The summed E-state index contributed by atoms with van der Waals surface area (Å²) < 4.78 is 1.39. The maximum absolute atomic E-state index is 13.2. The van der Waals surface area contributed by atoms with E-state index in [1.54, 1.807) is 5.38 Å². The summed E-state index contributed by atoms with van der Waals surface area (Å²) in [5.41, 5.74) is 4.64. The molecule has 5 rings (SSSR count). The molecule has 15 nitrogen and oxygen atoms in total. The van der Waals surface area contributed by atoms with Crippen molar-refractivity contribution < 1.29 is 29.4 Å². The molecular formula is C21H25N9O6S3. The molecule has 2 aromatic rings. The second kappa shape index (κ2) is 11.5. The lowest BCUT2D eigenvalue weighted by atomic mass is 9.89. The minimum atomic E-state index is -1.25. The van der Waals surface area contributed by atoms with Crippen molar-refractivity contribution in [2.75, 3.05) is 30.4 Å². The van der Waals surface area contributed by atoms with Crippen LogP contribution in [0, 0.1) is 5.41 Å². The van der Waals surface area contributed by atoms with Crippen molar-refractivity contribution in [3.8, 4) is 0 Å². The van der Waals surface area contributed by atoms with Crippen LogP contribution in [0.1, 0.15) is 18.5 Å². The van der Waals surface area contributed by atoms with E-state index in [0.29, 0.717) is 5.16 Å². The van der Waals surface area contributed by atoms with Crippen LogP contribution >= 0.6 is 34.9 Å². The van der Waals surface area contributed by atoms with Crippen LogP contribution in [-0.4, -0.2) is 106 Å². The highest BCUT2D eigenvalue weighted by atomic mass is 32.2. The van der Waals surface area contributed by atoms with E-state index in [2.05, 4.69) is 31.0 Å². The van der Waals surface area contributed by atoms with Crippen LogP contribution < -0.4 is 11.1 Å². The SMILES string of the molecule is Nc1nc(C(=NOC2C=CCC2)C(=O)NC2C(=O)N3CC(CSc4nnnn4CCO)(C(=O)O)CS[C@H]23)cs1. The van der Waals surface area contributed by atoms with Gasteiger partial charge in [-0.05, 0) is 29.3 Å². The molecule has 3 unspecified atom stereocenters. The summed E-state index contributed by atoms with van der Waals surface area (Å²) in [4.78, 5) is 49.7. The first-order valence-electron chi connectivity index (χ1n) is 11.9. The number of β-lactam (4-membered cyclic amide) rings is 1. The van der Waals surface area contributed by atoms with Gasteiger partial charge in [0.25, 0.3) is 5.91 Å². The number of carboxylic acids is 1. The Bertz CT molecular complexity index is 1320. The fourth-order valence-electron chi connectivity index (χ4n) is 4.27. The summed E-state index contributed by atoms with van der Waals surface area (Å²) in [5, 5.41) is 39.0. The molecule has 0 saturated carbocycles. The number of carboxylic acid groups (broad SMARTS) is 1. The van der Waals surface area contributed by atoms with Gasteiger partial charge in [0, 0.05) is 23.4 Å². The Kier molecular flexibility index (Phi) is 8.06. The molecule has 2 aliphatic heterocycles. The van der Waals surface area contributed by atoms with E-state index in [1.165, 1.54) is 21.3 Å². The third-order valence-electron chi connectivity index (χ3n) is 6.40. The van der Waals surface area contributed by atoms with Crippen LogP contribution in [0.25, 0.3) is 0 Å². The van der Waals surface area contributed by atoms with Crippen molar-refractivity contribution in [1.29, 1.82) is 0 Å². The monoisotopic (exact) mass is 595 g/mol. The number of hydrogen-bond donors (Lipinski definition) is 4. The van der Waals surface area contributed by atoms with Crippen molar-refractivity contribution >= 4 is 63.5 Å². The lowest BCUT2D eigenvalue weighted by molar-refractivity contribution is -0.157. The number of rotatable bonds is 11. The number of carbonyl (C=O) groups is 3. The Morgan fingerprint density at radius 3 is 2.95 bits per heavy atom. The Morgan fingerprint density at radius 1 is 1.41 bits per heavy atom. The van der Waals surface area contributed by atoms with Gasteiger partial charge >= 0.3 is 5.97 Å². The highest BCUT2D eigenvalue weighted by Crippen LogP contribution is 2.44. The molecule has 2 saturated heterocycles. The van der Waals surface area contributed by atoms with Gasteiger partial charge in [0.15, 0.2) is 10.8 Å². The molecule has 0 radical (unpaired) electrons. The fourth-order valence-corrected chi connectivity index (χ4v) is 7.58. The second-order valence-corrected chi connectivity index (χ2v) is 12.0. The summed E-state index contributed by atoms with van der Waals surface area (Å²) >= 11 is 3.58. The molecule has 0 bridgehead atoms. The first kappa shape index (κ1) is 27.4. The number of nitrogens with two attached hydrogens (primary N) is 1. The number of oxime groups is 1. The molecular weight excluding hydrogens is 570 g/mol. The molecule has 2 fully saturated rings. The third-order valence-corrected chi connectivity index (χ3v) is 9.91. The summed E-state index contributed by atoms with van der Waals surface area (Å²) in [6, 6.07) is -0.855. The van der Waals surface area contributed by atoms with Crippen LogP contribution in [0.4, 0.5) is 5.13 Å². The number of carbonyl (C=O) groups excluding carboxylic acids is 2. The summed E-state index contributed by atoms with van der Waals surface area (Å²) in [6.07, 6.45) is 5.17. The van der Waals surface area contributed by atoms with Gasteiger partial charge in [-0.1, -0.05) is 23.0 Å². The largest absolute Gasteiger partial charge is 0.481 e. The number of fused-ring (bicyclic) bond motifs is 1. The molecule has 0 spiro atoms. The van der Waals surface area contributed by atoms with Crippen LogP contribution in [0.15, 0.2) is 27.8 Å².